The van der Waals surface area contributed by atoms with Crippen molar-refractivity contribution in [3.05, 3.63) is 48.7 Å². The lowest BCUT2D eigenvalue weighted by Crippen LogP contribution is -2.51. The van der Waals surface area contributed by atoms with Crippen molar-refractivity contribution in [3.8, 4) is 17.0 Å². The Kier molecular flexibility index (Phi) is 5.44. The number of aromatic nitrogens is 6. The molecule has 0 amide bonds. The van der Waals surface area contributed by atoms with Crippen molar-refractivity contribution in [2.75, 3.05) is 31.7 Å². The van der Waals surface area contributed by atoms with Crippen molar-refractivity contribution in [2.24, 2.45) is 7.05 Å². The summed E-state index contributed by atoms with van der Waals surface area (Å²) in [6, 6.07) is 8.12. The molecule has 0 aromatic carbocycles. The summed E-state index contributed by atoms with van der Waals surface area (Å²) in [6.07, 6.45) is 6.19. The van der Waals surface area contributed by atoms with E-state index in [-0.39, 0.29) is 12.7 Å². The second-order valence-electron chi connectivity index (χ2n) is 7.94. The van der Waals surface area contributed by atoms with Crippen molar-refractivity contribution >= 4 is 17.2 Å². The molecule has 1 atom stereocenters. The van der Waals surface area contributed by atoms with E-state index in [9.17, 15) is 4.39 Å². The zero-order chi connectivity index (χ0) is 22.1. The number of aryl methyl sites for hydroxylation is 2. The van der Waals surface area contributed by atoms with E-state index in [0.29, 0.717) is 24.8 Å². The number of alkyl halides is 1. The summed E-state index contributed by atoms with van der Waals surface area (Å²) in [4.78, 5) is 10.5. The Balaban J connectivity index is 1.36. The average molecular weight is 436 g/mol. The van der Waals surface area contributed by atoms with Gasteiger partial charge < -0.3 is 10.1 Å². The van der Waals surface area contributed by atoms with E-state index in [1.807, 2.05) is 44.4 Å². The Labute approximate surface area is 184 Å². The van der Waals surface area contributed by atoms with Crippen LogP contribution in [-0.4, -0.2) is 66.7 Å². The molecule has 1 fully saturated rings. The third kappa shape index (κ3) is 4.01. The maximum atomic E-state index is 12.6. The molecule has 32 heavy (non-hydrogen) atoms. The minimum atomic E-state index is -0.326. The van der Waals surface area contributed by atoms with Crippen LogP contribution in [0.15, 0.2) is 43.0 Å². The van der Waals surface area contributed by atoms with Crippen LogP contribution in [0.3, 0.4) is 0 Å². The lowest BCUT2D eigenvalue weighted by atomic mass is 10.0. The van der Waals surface area contributed by atoms with Gasteiger partial charge in [-0.2, -0.15) is 10.2 Å². The van der Waals surface area contributed by atoms with Gasteiger partial charge in [0.15, 0.2) is 11.6 Å². The monoisotopic (exact) mass is 436 g/mol. The normalized spacial score (nSPS) is 16.3. The third-order valence-corrected chi connectivity index (χ3v) is 5.77. The van der Waals surface area contributed by atoms with Gasteiger partial charge in [0.1, 0.15) is 31.1 Å². The molecule has 0 spiro atoms. The number of hydrogen-bond acceptors (Lipinski definition) is 7. The largest absolute Gasteiger partial charge is 0.488 e. The maximum Gasteiger partial charge on any atom is 0.165 e. The summed E-state index contributed by atoms with van der Waals surface area (Å²) >= 11 is 0. The van der Waals surface area contributed by atoms with Gasteiger partial charge in [-0.15, -0.1) is 0 Å². The predicted molar refractivity (Wildman–Crippen MR) is 119 cm³/mol. The third-order valence-electron chi connectivity index (χ3n) is 5.77. The van der Waals surface area contributed by atoms with Gasteiger partial charge >= 0.3 is 0 Å². The number of pyridine rings is 1. The highest BCUT2D eigenvalue weighted by atomic mass is 19.1. The van der Waals surface area contributed by atoms with Gasteiger partial charge in [0.05, 0.1) is 11.7 Å². The Morgan fingerprint density at radius 1 is 1.22 bits per heavy atom. The van der Waals surface area contributed by atoms with E-state index in [1.165, 1.54) is 6.33 Å². The molecular formula is C22H25FN8O. The van der Waals surface area contributed by atoms with Crippen LogP contribution in [-0.2, 0) is 7.05 Å². The highest BCUT2D eigenvalue weighted by Gasteiger charge is 2.28. The molecule has 1 saturated heterocycles. The van der Waals surface area contributed by atoms with Crippen molar-refractivity contribution in [1.29, 1.82) is 0 Å². The SMILES string of the molecule is Cc1cc(Nc2cc3cc(-c4c(OC[C@H]5CCN5CCF)cnn4C)ccn3n2)ncn1. The van der Waals surface area contributed by atoms with Crippen LogP contribution in [0, 0.1) is 6.92 Å². The van der Waals surface area contributed by atoms with Crippen LogP contribution >= 0.6 is 0 Å². The van der Waals surface area contributed by atoms with Crippen molar-refractivity contribution < 1.29 is 9.13 Å². The summed E-state index contributed by atoms with van der Waals surface area (Å²) in [5, 5.41) is 12.2. The molecule has 9 nitrogen and oxygen atoms in total. The second-order valence-corrected chi connectivity index (χ2v) is 7.94. The highest BCUT2D eigenvalue weighted by molar-refractivity contribution is 5.72. The number of fused-ring (bicyclic) bond motifs is 1. The topological polar surface area (TPSA) is 85.4 Å². The van der Waals surface area contributed by atoms with Gasteiger partial charge in [0.25, 0.3) is 0 Å². The lowest BCUT2D eigenvalue weighted by Gasteiger charge is -2.39. The summed E-state index contributed by atoms with van der Waals surface area (Å²) in [5.41, 5.74) is 3.68. The quantitative estimate of drug-likeness (QED) is 0.454. The van der Waals surface area contributed by atoms with Crippen molar-refractivity contribution in [3.63, 3.8) is 0 Å². The molecule has 4 aromatic heterocycles. The van der Waals surface area contributed by atoms with Gasteiger partial charge in [-0.25, -0.2) is 18.9 Å². The first-order chi connectivity index (χ1) is 15.6. The molecule has 166 valence electrons. The minimum Gasteiger partial charge on any atom is -0.488 e. The van der Waals surface area contributed by atoms with Gasteiger partial charge in [-0.3, -0.25) is 9.58 Å². The van der Waals surface area contributed by atoms with E-state index in [2.05, 4.69) is 30.4 Å². The molecule has 5 rings (SSSR count). The zero-order valence-electron chi connectivity index (χ0n) is 18.1. The van der Waals surface area contributed by atoms with E-state index < -0.39 is 0 Å². The summed E-state index contributed by atoms with van der Waals surface area (Å²) in [7, 11) is 1.89. The molecule has 0 aliphatic carbocycles. The first-order valence-corrected chi connectivity index (χ1v) is 10.6. The molecule has 1 N–H and O–H groups in total. The Morgan fingerprint density at radius 2 is 2.12 bits per heavy atom. The first kappa shape index (κ1) is 20.4. The maximum absolute atomic E-state index is 12.6. The molecule has 5 heterocycles. The fourth-order valence-electron chi connectivity index (χ4n) is 3.98. The molecule has 4 aromatic rings. The molecule has 0 radical (unpaired) electrons. The van der Waals surface area contributed by atoms with E-state index in [1.54, 1.807) is 15.4 Å². The van der Waals surface area contributed by atoms with Gasteiger partial charge in [0.2, 0.25) is 0 Å². The van der Waals surface area contributed by atoms with Gasteiger partial charge in [-0.1, -0.05) is 0 Å². The lowest BCUT2D eigenvalue weighted by molar-refractivity contribution is 0.0459. The number of hydrogen-bond donors (Lipinski definition) is 1. The summed E-state index contributed by atoms with van der Waals surface area (Å²) in [6.45, 7) is 3.52. The number of likely N-dealkylation sites (tertiary alicyclic amines) is 1. The summed E-state index contributed by atoms with van der Waals surface area (Å²) in [5.74, 6) is 2.11. The molecular weight excluding hydrogens is 411 g/mol. The van der Waals surface area contributed by atoms with Gasteiger partial charge in [-0.05, 0) is 25.5 Å². The van der Waals surface area contributed by atoms with Crippen LogP contribution in [0.2, 0.25) is 0 Å². The molecule has 0 saturated carbocycles. The number of ether oxygens (including phenoxy) is 1. The standard InChI is InChI=1S/C22H25FN8O/c1-15-9-20(25-14-24-15)27-21-11-18-10-16(3-7-31(18)28-21)22-19(12-26-29(22)2)32-13-17-4-6-30(17)8-5-23/h3,7,9-12,14,17H,4-6,8,13H2,1-2H3,(H,24,25,27,28)/t17-/m1/s1. The fraction of sp³-hybridized carbons (Fsp3) is 0.364. The van der Waals surface area contributed by atoms with Gasteiger partial charge in [0, 0.05) is 55.8 Å². The smallest absolute Gasteiger partial charge is 0.165 e. The van der Waals surface area contributed by atoms with Crippen LogP contribution < -0.4 is 10.1 Å². The number of anilines is 2. The molecule has 10 heteroatoms. The second kappa shape index (κ2) is 8.54. The minimum absolute atomic E-state index is 0.259. The van der Waals surface area contributed by atoms with E-state index in [0.717, 1.165) is 41.2 Å². The summed E-state index contributed by atoms with van der Waals surface area (Å²) < 4.78 is 22.4. The molecule has 0 unspecified atom stereocenters. The van der Waals surface area contributed by atoms with Crippen LogP contribution in [0.25, 0.3) is 16.8 Å². The highest BCUT2D eigenvalue weighted by Crippen LogP contribution is 2.31. The number of rotatable bonds is 8. The Hall–Kier alpha value is -3.53. The molecule has 0 bridgehead atoms. The van der Waals surface area contributed by atoms with Crippen molar-refractivity contribution in [2.45, 2.75) is 19.4 Å². The zero-order valence-corrected chi connectivity index (χ0v) is 18.1. The van der Waals surface area contributed by atoms with Crippen molar-refractivity contribution in [1.82, 2.24) is 34.3 Å². The predicted octanol–water partition coefficient (Wildman–Crippen LogP) is 3.00. The van der Waals surface area contributed by atoms with Crippen LogP contribution in [0.5, 0.6) is 5.75 Å². The number of nitrogens with zero attached hydrogens (tertiary/aromatic N) is 7. The van der Waals surface area contributed by atoms with E-state index in [4.69, 9.17) is 4.74 Å². The number of halogens is 1. The Bertz CT molecular complexity index is 1240. The van der Waals surface area contributed by atoms with E-state index >= 15 is 0 Å². The fourth-order valence-corrected chi connectivity index (χ4v) is 3.98. The number of nitrogens with one attached hydrogen (secondary N) is 1. The molecule has 1 aliphatic heterocycles. The van der Waals surface area contributed by atoms with Crippen LogP contribution in [0.4, 0.5) is 16.0 Å². The average Bonchev–Trinajstić information content (AvgIpc) is 3.33. The molecule has 1 aliphatic rings. The first-order valence-electron chi connectivity index (χ1n) is 10.6. The Morgan fingerprint density at radius 3 is 2.91 bits per heavy atom. The van der Waals surface area contributed by atoms with Crippen LogP contribution in [0.1, 0.15) is 12.1 Å².